The Kier molecular flexibility index (Phi) is 6.16. The van der Waals surface area contributed by atoms with Crippen LogP contribution in [0.15, 0.2) is 24.3 Å². The molecule has 0 bridgehead atoms. The number of nitrogens with zero attached hydrogens (tertiary/aromatic N) is 3. The summed E-state index contributed by atoms with van der Waals surface area (Å²) in [5, 5.41) is 3.19. The second kappa shape index (κ2) is 8.97. The minimum absolute atomic E-state index is 0.0277. The Labute approximate surface area is 172 Å². The van der Waals surface area contributed by atoms with E-state index in [1.54, 1.807) is 0 Å². The number of rotatable bonds is 5. The van der Waals surface area contributed by atoms with Crippen LogP contribution in [0.1, 0.15) is 57.7 Å². The maximum Gasteiger partial charge on any atom is 0.240 e. The highest BCUT2D eigenvalue weighted by atomic mass is 16.2. The largest absolute Gasteiger partial charge is 0.352 e. The number of amides is 2. The topological polar surface area (TPSA) is 67.2 Å². The summed E-state index contributed by atoms with van der Waals surface area (Å²) in [5.74, 6) is 1.54. The van der Waals surface area contributed by atoms with Gasteiger partial charge in [-0.15, -0.1) is 0 Å². The highest BCUT2D eigenvalue weighted by Gasteiger charge is 2.29. The molecule has 4 rings (SSSR count). The molecule has 156 valence electrons. The molecule has 1 saturated heterocycles. The molecule has 6 nitrogen and oxygen atoms in total. The van der Waals surface area contributed by atoms with Gasteiger partial charge in [0.05, 0.1) is 11.0 Å². The maximum absolute atomic E-state index is 12.7. The van der Waals surface area contributed by atoms with E-state index in [0.29, 0.717) is 12.5 Å². The van der Waals surface area contributed by atoms with E-state index in [4.69, 9.17) is 0 Å². The van der Waals surface area contributed by atoms with Gasteiger partial charge in [0.1, 0.15) is 12.4 Å². The summed E-state index contributed by atoms with van der Waals surface area (Å²) in [6.45, 7) is 3.88. The van der Waals surface area contributed by atoms with Crippen LogP contribution in [0.5, 0.6) is 0 Å². The quantitative estimate of drug-likeness (QED) is 0.843. The van der Waals surface area contributed by atoms with E-state index in [1.165, 1.54) is 19.3 Å². The minimum Gasteiger partial charge on any atom is -0.352 e. The second-order valence-electron chi connectivity index (χ2n) is 8.46. The van der Waals surface area contributed by atoms with Crippen LogP contribution >= 0.6 is 0 Å². The molecule has 2 fully saturated rings. The summed E-state index contributed by atoms with van der Waals surface area (Å²) in [7, 11) is 0. The van der Waals surface area contributed by atoms with Gasteiger partial charge in [-0.1, -0.05) is 38.3 Å². The van der Waals surface area contributed by atoms with Crippen LogP contribution < -0.4 is 5.32 Å². The van der Waals surface area contributed by atoms with Gasteiger partial charge in [-0.05, 0) is 37.8 Å². The second-order valence-corrected chi connectivity index (χ2v) is 8.46. The van der Waals surface area contributed by atoms with Gasteiger partial charge in [0, 0.05) is 31.5 Å². The number of benzene rings is 1. The zero-order valence-electron chi connectivity index (χ0n) is 17.4. The van der Waals surface area contributed by atoms with Gasteiger partial charge in [-0.3, -0.25) is 9.59 Å². The number of nitrogens with one attached hydrogen (secondary N) is 1. The van der Waals surface area contributed by atoms with Gasteiger partial charge in [0.2, 0.25) is 11.8 Å². The molecule has 1 aromatic carbocycles. The fourth-order valence-corrected chi connectivity index (χ4v) is 4.84. The van der Waals surface area contributed by atoms with Crippen molar-refractivity contribution in [1.29, 1.82) is 0 Å². The molecule has 2 heterocycles. The molecule has 0 spiro atoms. The summed E-state index contributed by atoms with van der Waals surface area (Å²) in [6.07, 6.45) is 8.22. The predicted octanol–water partition coefficient (Wildman–Crippen LogP) is 3.29. The first-order valence-corrected chi connectivity index (χ1v) is 11.2. The highest BCUT2D eigenvalue weighted by Crippen LogP contribution is 2.26. The summed E-state index contributed by atoms with van der Waals surface area (Å²) < 4.78 is 2.02. The van der Waals surface area contributed by atoms with Crippen molar-refractivity contribution in [3.05, 3.63) is 30.1 Å². The van der Waals surface area contributed by atoms with Gasteiger partial charge in [-0.25, -0.2) is 4.98 Å². The zero-order chi connectivity index (χ0) is 20.2. The van der Waals surface area contributed by atoms with Crippen LogP contribution in [-0.2, 0) is 22.6 Å². The van der Waals surface area contributed by atoms with E-state index >= 15 is 0 Å². The lowest BCUT2D eigenvalue weighted by Gasteiger charge is -2.35. The number of imidazole rings is 1. The third-order valence-electron chi connectivity index (χ3n) is 6.48. The monoisotopic (exact) mass is 396 g/mol. The average molecular weight is 397 g/mol. The summed E-state index contributed by atoms with van der Waals surface area (Å²) in [5.41, 5.74) is 1.94. The first-order valence-electron chi connectivity index (χ1n) is 11.2. The fraction of sp³-hybridized carbons (Fsp3) is 0.609. The van der Waals surface area contributed by atoms with Gasteiger partial charge in [-0.2, -0.15) is 0 Å². The van der Waals surface area contributed by atoms with Crippen molar-refractivity contribution in [2.24, 2.45) is 5.92 Å². The van der Waals surface area contributed by atoms with E-state index in [2.05, 4.69) is 17.2 Å². The van der Waals surface area contributed by atoms with Gasteiger partial charge in [0.15, 0.2) is 0 Å². The molecular formula is C23H32N4O2. The summed E-state index contributed by atoms with van der Waals surface area (Å²) in [4.78, 5) is 32.1. The normalized spacial score (nSPS) is 18.9. The van der Waals surface area contributed by atoms with Crippen LogP contribution in [0.3, 0.4) is 0 Å². The number of hydrogen-bond donors (Lipinski definition) is 1. The van der Waals surface area contributed by atoms with Crippen molar-refractivity contribution in [1.82, 2.24) is 19.8 Å². The molecule has 0 radical (unpaired) electrons. The number of aryl methyl sites for hydroxylation is 1. The summed E-state index contributed by atoms with van der Waals surface area (Å²) in [6, 6.07) is 8.11. The molecule has 1 aromatic heterocycles. The highest BCUT2D eigenvalue weighted by molar-refractivity contribution is 5.81. The third kappa shape index (κ3) is 4.46. The molecule has 2 aliphatic rings. The van der Waals surface area contributed by atoms with Gasteiger partial charge >= 0.3 is 0 Å². The number of hydrogen-bond acceptors (Lipinski definition) is 3. The van der Waals surface area contributed by atoms with E-state index in [0.717, 1.165) is 62.1 Å². The lowest BCUT2D eigenvalue weighted by molar-refractivity contribution is -0.137. The Balaban J connectivity index is 1.31. The number of carbonyl (C=O) groups is 2. The van der Waals surface area contributed by atoms with Crippen molar-refractivity contribution < 1.29 is 9.59 Å². The lowest BCUT2D eigenvalue weighted by Crippen LogP contribution is -2.48. The Morgan fingerprint density at radius 3 is 2.52 bits per heavy atom. The summed E-state index contributed by atoms with van der Waals surface area (Å²) >= 11 is 0. The molecule has 1 N–H and O–H groups in total. The maximum atomic E-state index is 12.7. The van der Waals surface area contributed by atoms with Crippen LogP contribution in [0.4, 0.5) is 0 Å². The smallest absolute Gasteiger partial charge is 0.240 e. The molecular weight excluding hydrogens is 364 g/mol. The number of likely N-dealkylation sites (tertiary alicyclic amines) is 1. The minimum atomic E-state index is 0.0277. The van der Waals surface area contributed by atoms with E-state index < -0.39 is 0 Å². The molecule has 2 amide bonds. The van der Waals surface area contributed by atoms with Crippen LogP contribution in [0.25, 0.3) is 11.0 Å². The van der Waals surface area contributed by atoms with E-state index in [-0.39, 0.29) is 17.9 Å². The fourth-order valence-electron chi connectivity index (χ4n) is 4.84. The Morgan fingerprint density at radius 2 is 1.79 bits per heavy atom. The molecule has 0 atom stereocenters. The number of aromatic nitrogens is 2. The molecule has 2 aromatic rings. The Hall–Kier alpha value is -2.37. The molecule has 29 heavy (non-hydrogen) atoms. The van der Waals surface area contributed by atoms with Crippen molar-refractivity contribution in [2.45, 2.75) is 70.9 Å². The number of para-hydroxylation sites is 2. The lowest BCUT2D eigenvalue weighted by atomic mass is 9.87. The van der Waals surface area contributed by atoms with Crippen molar-refractivity contribution in [2.75, 3.05) is 13.1 Å². The molecule has 1 saturated carbocycles. The number of piperidine rings is 1. The van der Waals surface area contributed by atoms with E-state index in [9.17, 15) is 9.59 Å². The Morgan fingerprint density at radius 1 is 1.07 bits per heavy atom. The third-order valence-corrected chi connectivity index (χ3v) is 6.48. The van der Waals surface area contributed by atoms with Crippen LogP contribution in [0.2, 0.25) is 0 Å². The predicted molar refractivity (Wildman–Crippen MR) is 113 cm³/mol. The van der Waals surface area contributed by atoms with Gasteiger partial charge < -0.3 is 14.8 Å². The first kappa shape index (κ1) is 19.9. The number of carbonyl (C=O) groups excluding carboxylic acids is 2. The van der Waals surface area contributed by atoms with Crippen LogP contribution in [-0.4, -0.2) is 45.4 Å². The SMILES string of the molecule is CCc1nc2ccccc2n1CC(=O)NC1CCN(C(=O)C2CCCCC2)CC1. The van der Waals surface area contributed by atoms with Crippen molar-refractivity contribution >= 4 is 22.8 Å². The standard InChI is InChI=1S/C23H32N4O2/c1-2-21-25-19-10-6-7-11-20(19)27(21)16-22(28)24-18-12-14-26(15-13-18)23(29)17-8-4-3-5-9-17/h6-7,10-11,17-18H,2-5,8-9,12-16H2,1H3,(H,24,28). The number of fused-ring (bicyclic) bond motifs is 1. The molecule has 1 aliphatic carbocycles. The molecule has 1 aliphatic heterocycles. The Bertz CT molecular complexity index is 861. The molecule has 6 heteroatoms. The van der Waals surface area contributed by atoms with Crippen molar-refractivity contribution in [3.8, 4) is 0 Å². The first-order chi connectivity index (χ1) is 14.2. The molecule has 0 unspecified atom stereocenters. The van der Waals surface area contributed by atoms with Gasteiger partial charge in [0.25, 0.3) is 0 Å². The van der Waals surface area contributed by atoms with Crippen molar-refractivity contribution in [3.63, 3.8) is 0 Å². The van der Waals surface area contributed by atoms with E-state index in [1.807, 2.05) is 33.7 Å². The van der Waals surface area contributed by atoms with Crippen LogP contribution in [0, 0.1) is 5.92 Å². The average Bonchev–Trinajstić information content (AvgIpc) is 3.12. The zero-order valence-corrected chi connectivity index (χ0v) is 17.4.